The van der Waals surface area contributed by atoms with Crippen molar-refractivity contribution in [2.75, 3.05) is 24.2 Å². The number of thioether (sulfide) groups is 2. The molecule has 0 bridgehead atoms. The van der Waals surface area contributed by atoms with E-state index in [1.807, 2.05) is 37.3 Å². The van der Waals surface area contributed by atoms with E-state index < -0.39 is 0 Å². The molecule has 0 aliphatic carbocycles. The topological polar surface area (TPSA) is 95.6 Å². The molecule has 0 atom stereocenters. The lowest BCUT2D eigenvalue weighted by atomic mass is 10.1. The second-order valence-corrected chi connectivity index (χ2v) is 9.49. The molecular formula is C23H21N3O4S2. The summed E-state index contributed by atoms with van der Waals surface area (Å²) in [5.74, 6) is -0.0782. The number of nitrogens with one attached hydrogen (secondary N) is 2. The Hall–Kier alpha value is -3.04. The maximum Gasteiger partial charge on any atom is 0.293 e. The van der Waals surface area contributed by atoms with Crippen LogP contribution in [0.5, 0.6) is 0 Å². The molecule has 0 aromatic heterocycles. The van der Waals surface area contributed by atoms with Gasteiger partial charge in [-0.2, -0.15) is 0 Å². The third-order valence-electron chi connectivity index (χ3n) is 4.97. The Morgan fingerprint density at radius 1 is 1.16 bits per heavy atom. The highest BCUT2D eigenvalue weighted by atomic mass is 32.2. The van der Waals surface area contributed by atoms with Crippen molar-refractivity contribution in [3.8, 4) is 0 Å². The molecule has 2 aliphatic heterocycles. The molecule has 2 heterocycles. The summed E-state index contributed by atoms with van der Waals surface area (Å²) in [5, 5.41) is 5.20. The van der Waals surface area contributed by atoms with Crippen molar-refractivity contribution in [2.24, 2.45) is 0 Å². The van der Waals surface area contributed by atoms with Crippen molar-refractivity contribution in [3.63, 3.8) is 0 Å². The van der Waals surface area contributed by atoms with Gasteiger partial charge in [0.2, 0.25) is 5.91 Å². The van der Waals surface area contributed by atoms with Crippen LogP contribution >= 0.6 is 23.5 Å². The molecule has 4 amide bonds. The molecule has 2 aromatic carbocycles. The summed E-state index contributed by atoms with van der Waals surface area (Å²) in [5.41, 5.74) is 2.99. The van der Waals surface area contributed by atoms with E-state index in [0.717, 1.165) is 32.7 Å². The Labute approximate surface area is 194 Å². The van der Waals surface area contributed by atoms with Gasteiger partial charge in [-0.3, -0.25) is 24.1 Å². The second-order valence-electron chi connectivity index (χ2n) is 7.36. The first-order chi connectivity index (χ1) is 15.4. The number of amides is 4. The van der Waals surface area contributed by atoms with Gasteiger partial charge in [-0.25, -0.2) is 0 Å². The summed E-state index contributed by atoms with van der Waals surface area (Å²) in [6.45, 7) is 2.19. The predicted octanol–water partition coefficient (Wildman–Crippen LogP) is 3.90. The molecule has 0 unspecified atom stereocenters. The van der Waals surface area contributed by atoms with Crippen molar-refractivity contribution >= 4 is 58.2 Å². The van der Waals surface area contributed by atoms with Gasteiger partial charge in [0.25, 0.3) is 17.1 Å². The number of benzene rings is 2. The van der Waals surface area contributed by atoms with E-state index in [1.54, 1.807) is 30.0 Å². The zero-order valence-electron chi connectivity index (χ0n) is 17.3. The molecular weight excluding hydrogens is 446 g/mol. The summed E-state index contributed by atoms with van der Waals surface area (Å²) in [6.07, 6.45) is 2.13. The maximum atomic E-state index is 12.6. The van der Waals surface area contributed by atoms with E-state index in [9.17, 15) is 19.2 Å². The number of carbonyl (C=O) groups is 4. The van der Waals surface area contributed by atoms with Crippen molar-refractivity contribution in [3.05, 3.63) is 64.1 Å². The minimum absolute atomic E-state index is 0.0770. The van der Waals surface area contributed by atoms with E-state index in [1.165, 1.54) is 0 Å². The summed E-state index contributed by atoms with van der Waals surface area (Å²) in [7, 11) is 0. The zero-order chi connectivity index (χ0) is 22.7. The molecule has 0 radical (unpaired) electrons. The lowest BCUT2D eigenvalue weighted by molar-refractivity contribution is -0.122. The number of anilines is 1. The molecule has 164 valence electrons. The van der Waals surface area contributed by atoms with Crippen LogP contribution in [0.2, 0.25) is 0 Å². The molecule has 7 nitrogen and oxygen atoms in total. The molecule has 2 aliphatic rings. The Morgan fingerprint density at radius 2 is 1.94 bits per heavy atom. The molecule has 1 fully saturated rings. The van der Waals surface area contributed by atoms with Crippen LogP contribution in [0.1, 0.15) is 27.9 Å². The second kappa shape index (κ2) is 9.62. The summed E-state index contributed by atoms with van der Waals surface area (Å²) in [6, 6.07) is 12.8. The van der Waals surface area contributed by atoms with Gasteiger partial charge < -0.3 is 10.6 Å². The van der Waals surface area contributed by atoms with Crippen molar-refractivity contribution < 1.29 is 19.2 Å². The van der Waals surface area contributed by atoms with Crippen LogP contribution in [-0.2, 0) is 9.59 Å². The van der Waals surface area contributed by atoms with E-state index in [0.29, 0.717) is 28.3 Å². The monoisotopic (exact) mass is 467 g/mol. The minimum atomic E-state index is -0.361. The number of hydrogen-bond acceptors (Lipinski definition) is 6. The highest BCUT2D eigenvalue weighted by Gasteiger charge is 2.34. The number of aryl methyl sites for hydroxylation is 1. The van der Waals surface area contributed by atoms with Gasteiger partial charge >= 0.3 is 0 Å². The number of rotatable bonds is 5. The number of fused-ring (bicyclic) bond motifs is 1. The van der Waals surface area contributed by atoms with Crippen LogP contribution in [0.25, 0.3) is 6.08 Å². The van der Waals surface area contributed by atoms with E-state index >= 15 is 0 Å². The van der Waals surface area contributed by atoms with Crippen LogP contribution in [0.4, 0.5) is 10.5 Å². The quantitative estimate of drug-likeness (QED) is 0.648. The van der Waals surface area contributed by atoms with Crippen molar-refractivity contribution in [2.45, 2.75) is 18.2 Å². The Balaban J connectivity index is 1.35. The van der Waals surface area contributed by atoms with E-state index in [4.69, 9.17) is 0 Å². The van der Waals surface area contributed by atoms with E-state index in [2.05, 4.69) is 10.6 Å². The Bertz CT molecular complexity index is 1130. The molecule has 2 N–H and O–H groups in total. The van der Waals surface area contributed by atoms with Crippen LogP contribution in [0.15, 0.2) is 52.3 Å². The van der Waals surface area contributed by atoms with Crippen molar-refractivity contribution in [1.29, 1.82) is 0 Å². The molecule has 0 saturated carbocycles. The largest absolute Gasteiger partial charge is 0.350 e. The Morgan fingerprint density at radius 3 is 2.72 bits per heavy atom. The SMILES string of the molecule is Cc1ccc(/C=C2\SC(=O)N(CCNC(=O)c3ccc4c(c3)NC(=O)CCS4)C2=O)cc1. The fourth-order valence-electron chi connectivity index (χ4n) is 3.25. The minimum Gasteiger partial charge on any atom is -0.350 e. The summed E-state index contributed by atoms with van der Waals surface area (Å²) < 4.78 is 0. The van der Waals surface area contributed by atoms with Crippen LogP contribution < -0.4 is 10.6 Å². The van der Waals surface area contributed by atoms with Gasteiger partial charge in [0, 0.05) is 35.7 Å². The standard InChI is InChI=1S/C23H21N3O4S2/c1-14-2-4-15(5-3-14)12-19-22(29)26(23(30)32-19)10-9-24-21(28)16-6-7-18-17(13-16)25-20(27)8-11-31-18/h2-7,12-13H,8-11H2,1H3,(H,24,28)(H,25,27)/b19-12-. The van der Waals surface area contributed by atoms with E-state index in [-0.39, 0.29) is 36.1 Å². The van der Waals surface area contributed by atoms with Gasteiger partial charge in [0.15, 0.2) is 0 Å². The number of hydrogen-bond donors (Lipinski definition) is 2. The predicted molar refractivity (Wildman–Crippen MR) is 127 cm³/mol. The van der Waals surface area contributed by atoms with Gasteiger partial charge in [-0.15, -0.1) is 11.8 Å². The third kappa shape index (κ3) is 5.05. The van der Waals surface area contributed by atoms with Gasteiger partial charge in [0.05, 0.1) is 10.6 Å². The maximum absolute atomic E-state index is 12.6. The highest BCUT2D eigenvalue weighted by Crippen LogP contribution is 2.32. The molecule has 0 spiro atoms. The summed E-state index contributed by atoms with van der Waals surface area (Å²) in [4.78, 5) is 51.6. The lowest BCUT2D eigenvalue weighted by Crippen LogP contribution is -2.37. The fraction of sp³-hybridized carbons (Fsp3) is 0.217. The van der Waals surface area contributed by atoms with Gasteiger partial charge in [0.1, 0.15) is 0 Å². The molecule has 1 saturated heterocycles. The van der Waals surface area contributed by atoms with Gasteiger partial charge in [-0.05, 0) is 48.5 Å². The van der Waals surface area contributed by atoms with Crippen LogP contribution in [0, 0.1) is 6.92 Å². The van der Waals surface area contributed by atoms with Crippen LogP contribution in [0.3, 0.4) is 0 Å². The fourth-order valence-corrected chi connectivity index (χ4v) is 5.05. The normalized spacial score (nSPS) is 17.2. The molecule has 9 heteroatoms. The Kier molecular flexibility index (Phi) is 6.66. The molecule has 4 rings (SSSR count). The summed E-state index contributed by atoms with van der Waals surface area (Å²) >= 11 is 2.46. The van der Waals surface area contributed by atoms with Crippen molar-refractivity contribution in [1.82, 2.24) is 10.2 Å². The first kappa shape index (κ1) is 22.2. The number of imide groups is 1. The average molecular weight is 468 g/mol. The average Bonchev–Trinajstić information content (AvgIpc) is 2.92. The number of nitrogens with zero attached hydrogens (tertiary/aromatic N) is 1. The third-order valence-corrected chi connectivity index (χ3v) is 6.95. The first-order valence-corrected chi connectivity index (χ1v) is 11.9. The lowest BCUT2D eigenvalue weighted by Gasteiger charge is -2.13. The smallest absolute Gasteiger partial charge is 0.293 e. The highest BCUT2D eigenvalue weighted by molar-refractivity contribution is 8.18. The number of carbonyl (C=O) groups excluding carboxylic acids is 4. The molecule has 2 aromatic rings. The zero-order valence-corrected chi connectivity index (χ0v) is 19.0. The first-order valence-electron chi connectivity index (χ1n) is 10.1. The molecule has 32 heavy (non-hydrogen) atoms. The van der Waals surface area contributed by atoms with Crippen LogP contribution in [-0.4, -0.2) is 46.7 Å². The van der Waals surface area contributed by atoms with Gasteiger partial charge in [-0.1, -0.05) is 29.8 Å².